The number of rotatable bonds is 7. The zero-order valence-electron chi connectivity index (χ0n) is 17.8. The van der Waals surface area contributed by atoms with E-state index < -0.39 is 26.7 Å². The highest BCUT2D eigenvalue weighted by molar-refractivity contribution is 7.89. The summed E-state index contributed by atoms with van der Waals surface area (Å²) in [6, 6.07) is 12.6. The fraction of sp³-hybridized carbons (Fsp3) is 0.143. The van der Waals surface area contributed by atoms with Gasteiger partial charge in [-0.15, -0.1) is 0 Å². The summed E-state index contributed by atoms with van der Waals surface area (Å²) in [4.78, 5) is 4.17. The topological polar surface area (TPSA) is 88.4 Å². The second-order valence-electron chi connectivity index (χ2n) is 7.42. The summed E-state index contributed by atoms with van der Waals surface area (Å²) >= 11 is 6.32. The number of nitrogens with one attached hydrogen (secondary N) is 2. The Morgan fingerprint density at radius 1 is 1.06 bits per heavy atom. The van der Waals surface area contributed by atoms with Crippen LogP contribution in [-0.2, 0) is 16.2 Å². The second kappa shape index (κ2) is 9.28. The van der Waals surface area contributed by atoms with Gasteiger partial charge in [-0.25, -0.2) is 18.1 Å². The van der Waals surface area contributed by atoms with Gasteiger partial charge in [0.2, 0.25) is 10.0 Å². The van der Waals surface area contributed by atoms with Crippen LogP contribution in [0.1, 0.15) is 5.56 Å². The van der Waals surface area contributed by atoms with E-state index in [0.29, 0.717) is 28.2 Å². The SMILES string of the molecule is Bc1cnn2c(NCCNS(=O)(=O)c3cccc(C(F)(F)F)c3)cc(-c3ccccc3Cl)nc12. The van der Waals surface area contributed by atoms with Crippen molar-refractivity contribution in [3.05, 3.63) is 71.4 Å². The Morgan fingerprint density at radius 3 is 2.56 bits per heavy atom. The molecule has 0 spiro atoms. The molecule has 4 aromatic rings. The van der Waals surface area contributed by atoms with Gasteiger partial charge in [-0.2, -0.15) is 22.8 Å². The molecule has 0 radical (unpaired) electrons. The molecule has 34 heavy (non-hydrogen) atoms. The van der Waals surface area contributed by atoms with Gasteiger partial charge in [0.1, 0.15) is 13.7 Å². The molecule has 0 aliphatic carbocycles. The molecule has 7 nitrogen and oxygen atoms in total. The molecule has 0 unspecified atom stereocenters. The quantitative estimate of drug-likeness (QED) is 0.297. The maximum absolute atomic E-state index is 12.9. The molecule has 2 N–H and O–H groups in total. The van der Waals surface area contributed by atoms with E-state index in [0.717, 1.165) is 29.2 Å². The zero-order valence-corrected chi connectivity index (χ0v) is 19.3. The van der Waals surface area contributed by atoms with E-state index in [-0.39, 0.29) is 13.1 Å². The number of alkyl halides is 3. The first-order valence-electron chi connectivity index (χ1n) is 10.1. The molecule has 2 aromatic heterocycles. The van der Waals surface area contributed by atoms with E-state index in [1.54, 1.807) is 22.8 Å². The summed E-state index contributed by atoms with van der Waals surface area (Å²) in [6.45, 7) is 0.0578. The molecular weight excluding hydrogens is 490 g/mol. The summed E-state index contributed by atoms with van der Waals surface area (Å²) in [7, 11) is -2.28. The lowest BCUT2D eigenvalue weighted by Crippen LogP contribution is -2.29. The largest absolute Gasteiger partial charge is 0.416 e. The highest BCUT2D eigenvalue weighted by Gasteiger charge is 2.31. The Bertz CT molecular complexity index is 1460. The van der Waals surface area contributed by atoms with Crippen LogP contribution in [0.5, 0.6) is 0 Å². The molecule has 0 amide bonds. The number of hydrogen-bond acceptors (Lipinski definition) is 5. The number of aromatic nitrogens is 3. The summed E-state index contributed by atoms with van der Waals surface area (Å²) < 4.78 is 67.6. The highest BCUT2D eigenvalue weighted by Crippen LogP contribution is 2.30. The first-order chi connectivity index (χ1) is 16.1. The van der Waals surface area contributed by atoms with Crippen molar-refractivity contribution in [1.29, 1.82) is 0 Å². The predicted octanol–water partition coefficient (Wildman–Crippen LogP) is 2.72. The monoisotopic (exact) mass is 507 g/mol. The number of hydrogen-bond donors (Lipinski definition) is 2. The number of nitrogens with zero attached hydrogens (tertiary/aromatic N) is 3. The Labute approximate surface area is 199 Å². The Kier molecular flexibility index (Phi) is 6.56. The van der Waals surface area contributed by atoms with Gasteiger partial charge in [-0.05, 0) is 29.7 Å². The minimum absolute atomic E-state index is 0.0793. The van der Waals surface area contributed by atoms with Crippen molar-refractivity contribution in [2.75, 3.05) is 18.4 Å². The van der Waals surface area contributed by atoms with Crippen molar-refractivity contribution in [2.24, 2.45) is 0 Å². The molecule has 0 aliphatic heterocycles. The van der Waals surface area contributed by atoms with Gasteiger partial charge < -0.3 is 5.32 Å². The van der Waals surface area contributed by atoms with Crippen molar-refractivity contribution in [2.45, 2.75) is 11.1 Å². The van der Waals surface area contributed by atoms with Crippen LogP contribution in [0.2, 0.25) is 5.02 Å². The summed E-state index contributed by atoms with van der Waals surface area (Å²) in [5.41, 5.74) is 1.73. The third kappa shape index (κ3) is 5.03. The van der Waals surface area contributed by atoms with E-state index in [2.05, 4.69) is 20.1 Å². The van der Waals surface area contributed by atoms with Crippen molar-refractivity contribution in [1.82, 2.24) is 19.3 Å². The lowest BCUT2D eigenvalue weighted by atomic mass is 10.0. The maximum Gasteiger partial charge on any atom is 0.416 e. The Morgan fingerprint density at radius 2 is 1.82 bits per heavy atom. The van der Waals surface area contributed by atoms with Gasteiger partial charge in [0.05, 0.1) is 16.2 Å². The van der Waals surface area contributed by atoms with Crippen molar-refractivity contribution >= 4 is 46.4 Å². The normalized spacial score (nSPS) is 12.2. The fourth-order valence-electron chi connectivity index (χ4n) is 3.30. The van der Waals surface area contributed by atoms with Gasteiger partial charge in [0.25, 0.3) is 0 Å². The van der Waals surface area contributed by atoms with Crippen LogP contribution in [0, 0.1) is 0 Å². The maximum atomic E-state index is 12.9. The minimum Gasteiger partial charge on any atom is -0.369 e. The van der Waals surface area contributed by atoms with Crippen LogP contribution in [0.3, 0.4) is 0 Å². The van der Waals surface area contributed by atoms with E-state index in [1.165, 1.54) is 0 Å². The summed E-state index contributed by atoms with van der Waals surface area (Å²) in [5, 5.41) is 7.92. The average Bonchev–Trinajstić information content (AvgIpc) is 3.17. The molecule has 0 atom stereocenters. The highest BCUT2D eigenvalue weighted by atomic mass is 35.5. The van der Waals surface area contributed by atoms with E-state index in [4.69, 9.17) is 11.6 Å². The predicted molar refractivity (Wildman–Crippen MR) is 127 cm³/mol. The lowest BCUT2D eigenvalue weighted by molar-refractivity contribution is -0.137. The second-order valence-corrected chi connectivity index (χ2v) is 9.59. The van der Waals surface area contributed by atoms with E-state index in [1.807, 2.05) is 26.0 Å². The van der Waals surface area contributed by atoms with E-state index in [9.17, 15) is 21.6 Å². The zero-order chi connectivity index (χ0) is 24.5. The molecule has 0 saturated heterocycles. The van der Waals surface area contributed by atoms with Gasteiger partial charge in [0.15, 0.2) is 5.65 Å². The molecule has 4 rings (SSSR count). The molecule has 0 fully saturated rings. The van der Waals surface area contributed by atoms with Crippen LogP contribution < -0.4 is 15.5 Å². The Hall–Kier alpha value is -3.09. The third-order valence-electron chi connectivity index (χ3n) is 4.99. The first kappa shape index (κ1) is 24.1. The number of anilines is 1. The fourth-order valence-corrected chi connectivity index (χ4v) is 4.61. The molecule has 2 heterocycles. The van der Waals surface area contributed by atoms with Crippen LogP contribution >= 0.6 is 11.6 Å². The van der Waals surface area contributed by atoms with Crippen molar-refractivity contribution in [3.8, 4) is 11.3 Å². The van der Waals surface area contributed by atoms with Crippen molar-refractivity contribution < 1.29 is 21.6 Å². The molecule has 13 heteroatoms. The molecule has 2 aromatic carbocycles. The third-order valence-corrected chi connectivity index (χ3v) is 6.78. The molecule has 176 valence electrons. The number of sulfonamides is 1. The summed E-state index contributed by atoms with van der Waals surface area (Å²) in [5.74, 6) is 0.547. The lowest BCUT2D eigenvalue weighted by Gasteiger charge is -2.13. The van der Waals surface area contributed by atoms with Gasteiger partial charge in [-0.1, -0.05) is 35.9 Å². The summed E-state index contributed by atoms with van der Waals surface area (Å²) in [6.07, 6.45) is -2.98. The average molecular weight is 508 g/mol. The van der Waals surface area contributed by atoms with Crippen molar-refractivity contribution in [3.63, 3.8) is 0 Å². The van der Waals surface area contributed by atoms with Gasteiger partial charge >= 0.3 is 6.18 Å². The number of benzene rings is 2. The van der Waals surface area contributed by atoms with Gasteiger partial charge in [-0.3, -0.25) is 0 Å². The smallest absolute Gasteiger partial charge is 0.369 e. The molecule has 0 saturated carbocycles. The van der Waals surface area contributed by atoms with Crippen LogP contribution in [0.4, 0.5) is 19.0 Å². The number of fused-ring (bicyclic) bond motifs is 1. The van der Waals surface area contributed by atoms with Crippen LogP contribution in [0.25, 0.3) is 16.9 Å². The standard InChI is InChI=1S/C21H18BClF3N5O2S/c22-16-12-28-31-19(11-18(30-20(16)31)15-6-1-2-7-17(15)23)27-8-9-29-34(32,33)14-5-3-4-13(10-14)21(24,25)26/h1-7,10-12,27,29H,8-9,22H2. The first-order valence-corrected chi connectivity index (χ1v) is 11.9. The van der Waals surface area contributed by atoms with Crippen LogP contribution in [-0.4, -0.2) is 44.0 Å². The molecular formula is C21H18BClF3N5O2S. The molecule has 0 bridgehead atoms. The van der Waals surface area contributed by atoms with E-state index >= 15 is 0 Å². The van der Waals surface area contributed by atoms with Crippen LogP contribution in [0.15, 0.2) is 65.7 Å². The number of halogens is 4. The Balaban J connectivity index is 1.52. The molecule has 0 aliphatic rings. The van der Waals surface area contributed by atoms with Gasteiger partial charge in [0, 0.05) is 35.9 Å². The minimum atomic E-state index is -4.64.